The van der Waals surface area contributed by atoms with Gasteiger partial charge in [-0.15, -0.1) is 11.3 Å². The number of hydrogen-bond donors (Lipinski definition) is 0. The Balaban J connectivity index is 1.75. The molecular weight excluding hydrogens is 280 g/mol. The maximum atomic E-state index is 12.5. The van der Waals surface area contributed by atoms with Crippen molar-refractivity contribution in [3.8, 4) is 11.3 Å². The van der Waals surface area contributed by atoms with E-state index in [2.05, 4.69) is 10.4 Å². The molecular formula is C17H20N2OS. The number of thiazole rings is 1. The molecule has 1 aromatic carbocycles. The minimum atomic E-state index is 0.165. The van der Waals surface area contributed by atoms with Gasteiger partial charge in [-0.05, 0) is 31.9 Å². The molecule has 0 N–H and O–H groups in total. The number of aryl methyl sites for hydroxylation is 1. The zero-order chi connectivity index (χ0) is 14.7. The second-order valence-electron chi connectivity index (χ2n) is 5.54. The zero-order valence-electron chi connectivity index (χ0n) is 12.3. The van der Waals surface area contributed by atoms with Crippen LogP contribution in [0.2, 0.25) is 0 Å². The van der Waals surface area contributed by atoms with Gasteiger partial charge in [-0.3, -0.25) is 4.79 Å². The minimum Gasteiger partial charge on any atom is -0.339 e. The molecule has 3 rings (SSSR count). The maximum absolute atomic E-state index is 12.5. The average molecular weight is 300 g/mol. The predicted octanol–water partition coefficient (Wildman–Crippen LogP) is 4.13. The lowest BCUT2D eigenvalue weighted by molar-refractivity contribution is 0.0761. The molecule has 1 fully saturated rings. The molecule has 21 heavy (non-hydrogen) atoms. The van der Waals surface area contributed by atoms with Gasteiger partial charge in [0.25, 0.3) is 5.91 Å². The summed E-state index contributed by atoms with van der Waals surface area (Å²) in [5.74, 6) is 0.165. The van der Waals surface area contributed by atoms with E-state index in [1.165, 1.54) is 12.8 Å². The molecule has 1 aliphatic heterocycles. The maximum Gasteiger partial charge on any atom is 0.253 e. The largest absolute Gasteiger partial charge is 0.339 e. The fourth-order valence-corrected chi connectivity index (χ4v) is 3.36. The Bertz CT molecular complexity index is 610. The van der Waals surface area contributed by atoms with Gasteiger partial charge < -0.3 is 4.90 Å². The summed E-state index contributed by atoms with van der Waals surface area (Å²) in [7, 11) is 0. The molecule has 0 radical (unpaired) electrons. The average Bonchev–Trinajstić information content (AvgIpc) is 2.77. The van der Waals surface area contributed by atoms with E-state index < -0.39 is 0 Å². The van der Waals surface area contributed by atoms with Gasteiger partial charge >= 0.3 is 0 Å². The third kappa shape index (κ3) is 3.32. The van der Waals surface area contributed by atoms with Crippen LogP contribution in [0, 0.1) is 6.92 Å². The quantitative estimate of drug-likeness (QED) is 0.835. The SMILES string of the molecule is Cc1nc(-c2ccc(C(=O)N3CCCCCC3)cc2)cs1. The van der Waals surface area contributed by atoms with Crippen molar-refractivity contribution >= 4 is 17.2 Å². The summed E-state index contributed by atoms with van der Waals surface area (Å²) in [4.78, 5) is 19.0. The number of amides is 1. The van der Waals surface area contributed by atoms with Crippen molar-refractivity contribution in [1.29, 1.82) is 0 Å². The Morgan fingerprint density at radius 1 is 1.10 bits per heavy atom. The molecule has 1 saturated heterocycles. The monoisotopic (exact) mass is 300 g/mol. The molecule has 0 aliphatic carbocycles. The van der Waals surface area contributed by atoms with E-state index in [-0.39, 0.29) is 5.91 Å². The third-order valence-corrected chi connectivity index (χ3v) is 4.71. The summed E-state index contributed by atoms with van der Waals surface area (Å²) < 4.78 is 0. The van der Waals surface area contributed by atoms with Crippen LogP contribution >= 0.6 is 11.3 Å². The third-order valence-electron chi connectivity index (χ3n) is 3.94. The molecule has 1 aliphatic rings. The number of nitrogens with zero attached hydrogens (tertiary/aromatic N) is 2. The van der Waals surface area contributed by atoms with Crippen LogP contribution in [0.1, 0.15) is 41.0 Å². The van der Waals surface area contributed by atoms with E-state index in [0.717, 1.165) is 47.8 Å². The van der Waals surface area contributed by atoms with E-state index in [0.29, 0.717) is 0 Å². The molecule has 1 amide bonds. The van der Waals surface area contributed by atoms with Crippen molar-refractivity contribution in [1.82, 2.24) is 9.88 Å². The standard InChI is InChI=1S/C17H20N2OS/c1-13-18-16(12-21-13)14-6-8-15(9-7-14)17(20)19-10-4-2-3-5-11-19/h6-9,12H,2-5,10-11H2,1H3. The van der Waals surface area contributed by atoms with Crippen molar-refractivity contribution < 1.29 is 4.79 Å². The summed E-state index contributed by atoms with van der Waals surface area (Å²) in [5.41, 5.74) is 2.85. The van der Waals surface area contributed by atoms with Gasteiger partial charge in [-0.2, -0.15) is 0 Å². The fourth-order valence-electron chi connectivity index (χ4n) is 2.74. The molecule has 110 valence electrons. The first-order valence-corrected chi connectivity index (χ1v) is 8.44. The van der Waals surface area contributed by atoms with Crippen LogP contribution < -0.4 is 0 Å². The second kappa shape index (κ2) is 6.39. The first kappa shape index (κ1) is 14.3. The molecule has 0 atom stereocenters. The van der Waals surface area contributed by atoms with Gasteiger partial charge in [0.1, 0.15) is 0 Å². The van der Waals surface area contributed by atoms with Crippen LogP contribution in [0.5, 0.6) is 0 Å². The summed E-state index contributed by atoms with van der Waals surface area (Å²) in [6.07, 6.45) is 4.74. The molecule has 4 heteroatoms. The minimum absolute atomic E-state index is 0.165. The van der Waals surface area contributed by atoms with Crippen LogP contribution in [-0.2, 0) is 0 Å². The molecule has 0 unspecified atom stereocenters. The van der Waals surface area contributed by atoms with Crippen LogP contribution in [0.25, 0.3) is 11.3 Å². The summed E-state index contributed by atoms with van der Waals surface area (Å²) in [6, 6.07) is 7.85. The topological polar surface area (TPSA) is 33.2 Å². The number of likely N-dealkylation sites (tertiary alicyclic amines) is 1. The highest BCUT2D eigenvalue weighted by molar-refractivity contribution is 7.09. The molecule has 0 spiro atoms. The van der Waals surface area contributed by atoms with E-state index in [4.69, 9.17) is 0 Å². The highest BCUT2D eigenvalue weighted by Crippen LogP contribution is 2.22. The summed E-state index contributed by atoms with van der Waals surface area (Å²) in [5, 5.41) is 3.12. The predicted molar refractivity (Wildman–Crippen MR) is 86.7 cm³/mol. The zero-order valence-corrected chi connectivity index (χ0v) is 13.2. The number of aromatic nitrogens is 1. The highest BCUT2D eigenvalue weighted by atomic mass is 32.1. The van der Waals surface area contributed by atoms with Gasteiger partial charge in [-0.25, -0.2) is 4.98 Å². The van der Waals surface area contributed by atoms with Crippen molar-refractivity contribution in [2.24, 2.45) is 0 Å². The first-order valence-electron chi connectivity index (χ1n) is 7.56. The number of carbonyl (C=O) groups excluding carboxylic acids is 1. The molecule has 0 bridgehead atoms. The highest BCUT2D eigenvalue weighted by Gasteiger charge is 2.17. The Morgan fingerprint density at radius 3 is 2.33 bits per heavy atom. The van der Waals surface area contributed by atoms with Gasteiger partial charge in [0.15, 0.2) is 0 Å². The van der Waals surface area contributed by atoms with Crippen molar-refractivity contribution in [2.45, 2.75) is 32.6 Å². The lowest BCUT2D eigenvalue weighted by Gasteiger charge is -2.20. The van der Waals surface area contributed by atoms with Crippen LogP contribution in [0.15, 0.2) is 29.6 Å². The summed E-state index contributed by atoms with van der Waals surface area (Å²) in [6.45, 7) is 3.79. The van der Waals surface area contributed by atoms with E-state index >= 15 is 0 Å². The lowest BCUT2D eigenvalue weighted by atomic mass is 10.1. The molecule has 3 nitrogen and oxygen atoms in total. The number of hydrogen-bond acceptors (Lipinski definition) is 3. The molecule has 1 aromatic heterocycles. The van der Waals surface area contributed by atoms with Gasteiger partial charge in [-0.1, -0.05) is 25.0 Å². The molecule has 2 aromatic rings. The Kier molecular flexibility index (Phi) is 4.34. The van der Waals surface area contributed by atoms with Gasteiger partial charge in [0.05, 0.1) is 10.7 Å². The Morgan fingerprint density at radius 2 is 1.76 bits per heavy atom. The first-order chi connectivity index (χ1) is 10.2. The van der Waals surface area contributed by atoms with Crippen molar-refractivity contribution in [3.63, 3.8) is 0 Å². The van der Waals surface area contributed by atoms with Crippen molar-refractivity contribution in [3.05, 3.63) is 40.2 Å². The van der Waals surface area contributed by atoms with Crippen LogP contribution in [0.4, 0.5) is 0 Å². The molecule has 0 saturated carbocycles. The van der Waals surface area contributed by atoms with E-state index in [9.17, 15) is 4.79 Å². The second-order valence-corrected chi connectivity index (χ2v) is 6.60. The number of carbonyl (C=O) groups is 1. The van der Waals surface area contributed by atoms with E-state index in [1.54, 1.807) is 11.3 Å². The van der Waals surface area contributed by atoms with E-state index in [1.807, 2.05) is 36.1 Å². The normalized spacial score (nSPS) is 15.8. The number of rotatable bonds is 2. The lowest BCUT2D eigenvalue weighted by Crippen LogP contribution is -2.31. The smallest absolute Gasteiger partial charge is 0.253 e. The molecule has 2 heterocycles. The number of benzene rings is 1. The van der Waals surface area contributed by atoms with Gasteiger partial charge in [0, 0.05) is 29.6 Å². The Labute approximate surface area is 129 Å². The Hall–Kier alpha value is -1.68. The summed E-state index contributed by atoms with van der Waals surface area (Å²) >= 11 is 1.65. The van der Waals surface area contributed by atoms with Gasteiger partial charge in [0.2, 0.25) is 0 Å². The van der Waals surface area contributed by atoms with Crippen molar-refractivity contribution in [2.75, 3.05) is 13.1 Å². The van der Waals surface area contributed by atoms with Crippen LogP contribution in [-0.4, -0.2) is 28.9 Å². The van der Waals surface area contributed by atoms with Crippen LogP contribution in [0.3, 0.4) is 0 Å². The fraction of sp³-hybridized carbons (Fsp3) is 0.412.